The highest BCUT2D eigenvalue weighted by Gasteiger charge is 2.33. The Morgan fingerprint density at radius 3 is 2.39 bits per heavy atom. The Bertz CT molecular complexity index is 508. The number of alkyl halides is 3. The zero-order valence-electron chi connectivity index (χ0n) is 9.85. The van der Waals surface area contributed by atoms with Crippen molar-refractivity contribution >= 4 is 13.3 Å². The number of halogens is 3. The lowest BCUT2D eigenvalue weighted by atomic mass is 10.0. The van der Waals surface area contributed by atoms with Gasteiger partial charge in [-0.1, -0.05) is 35.8 Å². The summed E-state index contributed by atoms with van der Waals surface area (Å²) in [6.45, 7) is 0. The molecular formula is C12H12BF3N2. The van der Waals surface area contributed by atoms with Crippen molar-refractivity contribution in [1.82, 2.24) is 9.78 Å². The van der Waals surface area contributed by atoms with Gasteiger partial charge in [-0.3, -0.25) is 4.68 Å². The Morgan fingerprint density at radius 1 is 1.22 bits per heavy atom. The van der Waals surface area contributed by atoms with Crippen LogP contribution in [0.4, 0.5) is 13.2 Å². The molecule has 0 saturated heterocycles. The Labute approximate surface area is 104 Å². The Balaban J connectivity index is 2.35. The van der Waals surface area contributed by atoms with E-state index in [1.807, 2.05) is 0 Å². The minimum Gasteiger partial charge on any atom is -0.266 e. The Morgan fingerprint density at radius 2 is 1.89 bits per heavy atom. The Hall–Kier alpha value is -1.72. The molecule has 2 rings (SSSR count). The van der Waals surface area contributed by atoms with E-state index in [1.165, 1.54) is 4.68 Å². The van der Waals surface area contributed by atoms with Crippen molar-refractivity contribution < 1.29 is 13.2 Å². The average molecular weight is 252 g/mol. The maximum Gasteiger partial charge on any atom is 0.391 e. The molecule has 0 aliphatic carbocycles. The van der Waals surface area contributed by atoms with Crippen LogP contribution in [-0.2, 0) is 0 Å². The van der Waals surface area contributed by atoms with Gasteiger partial charge in [-0.15, -0.1) is 0 Å². The van der Waals surface area contributed by atoms with Crippen molar-refractivity contribution in [1.29, 1.82) is 0 Å². The van der Waals surface area contributed by atoms with Crippen molar-refractivity contribution in [3.8, 4) is 0 Å². The normalized spacial score (nSPS) is 13.5. The molecule has 0 spiro atoms. The molecule has 1 atom stereocenters. The molecule has 0 saturated carbocycles. The summed E-state index contributed by atoms with van der Waals surface area (Å²) in [7, 11) is 1.80. The van der Waals surface area contributed by atoms with Crippen LogP contribution in [0.5, 0.6) is 0 Å². The molecule has 2 aromatic rings. The first kappa shape index (κ1) is 12.7. The summed E-state index contributed by atoms with van der Waals surface area (Å²) in [6.07, 6.45) is -1.95. The lowest BCUT2D eigenvalue weighted by Gasteiger charge is -2.19. The average Bonchev–Trinajstić information content (AvgIpc) is 2.73. The SMILES string of the molecule is Bc1cnn(C(CC(F)(F)F)c2ccccc2)c1. The largest absolute Gasteiger partial charge is 0.391 e. The number of aromatic nitrogens is 2. The predicted molar refractivity (Wildman–Crippen MR) is 65.7 cm³/mol. The second-order valence-corrected chi connectivity index (χ2v) is 4.24. The second kappa shape index (κ2) is 4.88. The standard InChI is InChI=1S/C12H12BF3N2/c13-10-7-17-18(8-10)11(6-12(14,15)16)9-4-2-1-3-5-9/h1-5,7-8,11H,6,13H2. The molecule has 1 aromatic carbocycles. The van der Waals surface area contributed by atoms with Gasteiger partial charge in [-0.05, 0) is 5.56 Å². The first-order valence-corrected chi connectivity index (χ1v) is 5.58. The summed E-state index contributed by atoms with van der Waals surface area (Å²) in [6, 6.07) is 7.81. The molecule has 1 heterocycles. The molecule has 6 heteroatoms. The fourth-order valence-corrected chi connectivity index (χ4v) is 1.86. The van der Waals surface area contributed by atoms with E-state index in [0.29, 0.717) is 5.56 Å². The lowest BCUT2D eigenvalue weighted by molar-refractivity contribution is -0.140. The highest BCUT2D eigenvalue weighted by Crippen LogP contribution is 2.31. The van der Waals surface area contributed by atoms with E-state index >= 15 is 0 Å². The smallest absolute Gasteiger partial charge is 0.266 e. The first-order chi connectivity index (χ1) is 8.46. The van der Waals surface area contributed by atoms with Crippen LogP contribution in [0.15, 0.2) is 42.7 Å². The van der Waals surface area contributed by atoms with E-state index in [4.69, 9.17) is 0 Å². The van der Waals surface area contributed by atoms with E-state index in [9.17, 15) is 13.2 Å². The minimum absolute atomic E-state index is 0.609. The van der Waals surface area contributed by atoms with Crippen LogP contribution in [0.25, 0.3) is 0 Å². The zero-order valence-corrected chi connectivity index (χ0v) is 9.85. The van der Waals surface area contributed by atoms with Gasteiger partial charge in [-0.2, -0.15) is 18.3 Å². The van der Waals surface area contributed by atoms with Crippen LogP contribution in [0.1, 0.15) is 18.0 Å². The fraction of sp³-hybridized carbons (Fsp3) is 0.250. The topological polar surface area (TPSA) is 17.8 Å². The molecule has 0 aliphatic rings. The third-order valence-electron chi connectivity index (χ3n) is 2.66. The zero-order chi connectivity index (χ0) is 13.2. The molecule has 0 amide bonds. The van der Waals surface area contributed by atoms with Crippen molar-refractivity contribution in [3.63, 3.8) is 0 Å². The van der Waals surface area contributed by atoms with Crippen molar-refractivity contribution in [2.75, 3.05) is 0 Å². The molecule has 1 aromatic heterocycles. The van der Waals surface area contributed by atoms with Gasteiger partial charge < -0.3 is 0 Å². The van der Waals surface area contributed by atoms with Crippen LogP contribution in [0.2, 0.25) is 0 Å². The number of hydrogen-bond donors (Lipinski definition) is 0. The maximum absolute atomic E-state index is 12.6. The molecule has 2 nitrogen and oxygen atoms in total. The molecule has 94 valence electrons. The maximum atomic E-state index is 12.6. The third kappa shape index (κ3) is 3.15. The molecule has 18 heavy (non-hydrogen) atoms. The van der Waals surface area contributed by atoms with Crippen LogP contribution >= 0.6 is 0 Å². The van der Waals surface area contributed by atoms with E-state index in [0.717, 1.165) is 5.46 Å². The summed E-state index contributed by atoms with van der Waals surface area (Å²) >= 11 is 0. The van der Waals surface area contributed by atoms with Crippen LogP contribution in [0.3, 0.4) is 0 Å². The number of nitrogens with zero attached hydrogens (tertiary/aromatic N) is 2. The summed E-state index contributed by atoms with van der Waals surface area (Å²) < 4.78 is 39.3. The highest BCUT2D eigenvalue weighted by atomic mass is 19.4. The van der Waals surface area contributed by atoms with Crippen molar-refractivity contribution in [3.05, 3.63) is 48.3 Å². The van der Waals surface area contributed by atoms with Gasteiger partial charge in [0.05, 0.1) is 12.5 Å². The highest BCUT2D eigenvalue weighted by molar-refractivity contribution is 6.31. The predicted octanol–water partition coefficient (Wildman–Crippen LogP) is 1.68. The van der Waals surface area contributed by atoms with Crippen LogP contribution < -0.4 is 5.46 Å². The first-order valence-electron chi connectivity index (χ1n) is 5.58. The summed E-state index contributed by atoms with van der Waals surface area (Å²) in [5.74, 6) is 0. The molecule has 0 fully saturated rings. The summed E-state index contributed by atoms with van der Waals surface area (Å²) in [5.41, 5.74) is 1.45. The minimum atomic E-state index is -4.22. The summed E-state index contributed by atoms with van der Waals surface area (Å²) in [4.78, 5) is 0. The molecule has 0 N–H and O–H groups in total. The molecule has 1 unspecified atom stereocenters. The van der Waals surface area contributed by atoms with Gasteiger partial charge in [0.25, 0.3) is 0 Å². The second-order valence-electron chi connectivity index (χ2n) is 4.24. The van der Waals surface area contributed by atoms with Crippen molar-refractivity contribution in [2.24, 2.45) is 0 Å². The van der Waals surface area contributed by atoms with Crippen LogP contribution in [0, 0.1) is 0 Å². The number of hydrogen-bond acceptors (Lipinski definition) is 1. The monoisotopic (exact) mass is 252 g/mol. The van der Waals surface area contributed by atoms with Crippen LogP contribution in [-0.4, -0.2) is 23.8 Å². The van der Waals surface area contributed by atoms with E-state index in [2.05, 4.69) is 5.10 Å². The van der Waals surface area contributed by atoms with Crippen molar-refractivity contribution in [2.45, 2.75) is 18.6 Å². The van der Waals surface area contributed by atoms with Gasteiger partial charge in [0, 0.05) is 12.4 Å². The van der Waals surface area contributed by atoms with Gasteiger partial charge in [0.15, 0.2) is 0 Å². The molecule has 0 bridgehead atoms. The van der Waals surface area contributed by atoms with E-state index in [1.54, 1.807) is 50.6 Å². The van der Waals surface area contributed by atoms with Gasteiger partial charge in [0.2, 0.25) is 0 Å². The van der Waals surface area contributed by atoms with E-state index < -0.39 is 18.6 Å². The number of benzene rings is 1. The van der Waals surface area contributed by atoms with E-state index in [-0.39, 0.29) is 0 Å². The van der Waals surface area contributed by atoms with Gasteiger partial charge in [-0.25, -0.2) is 0 Å². The van der Waals surface area contributed by atoms with Gasteiger partial charge in [0.1, 0.15) is 7.85 Å². The molecule has 0 aliphatic heterocycles. The van der Waals surface area contributed by atoms with Gasteiger partial charge >= 0.3 is 6.18 Å². The molecule has 0 radical (unpaired) electrons. The Kier molecular flexibility index (Phi) is 3.45. The molecular weight excluding hydrogens is 240 g/mol. The number of rotatable bonds is 3. The fourth-order valence-electron chi connectivity index (χ4n) is 1.86. The third-order valence-corrected chi connectivity index (χ3v) is 2.66. The summed E-state index contributed by atoms with van der Waals surface area (Å²) in [5, 5.41) is 3.99. The lowest BCUT2D eigenvalue weighted by Crippen LogP contribution is -2.20. The quantitative estimate of drug-likeness (QED) is 0.760.